The number of benzene rings is 1. The van der Waals surface area contributed by atoms with Crippen LogP contribution in [0.5, 0.6) is 0 Å². The topological polar surface area (TPSA) is 43.7 Å². The Hall–Kier alpha value is -0.900. The third-order valence-corrected chi connectivity index (χ3v) is 2.48. The van der Waals surface area contributed by atoms with Crippen LogP contribution in [0.1, 0.15) is 18.1 Å². The van der Waals surface area contributed by atoms with E-state index in [1.807, 2.05) is 24.3 Å². The van der Waals surface area contributed by atoms with Crippen molar-refractivity contribution in [1.29, 1.82) is 0 Å². The SMILES string of the molecule is CCN(CCO)Cc1ccc(CO)cc1. The minimum atomic E-state index is 0.0917. The molecule has 0 aromatic heterocycles. The van der Waals surface area contributed by atoms with E-state index >= 15 is 0 Å². The first-order valence-corrected chi connectivity index (χ1v) is 5.32. The number of hydrogen-bond donors (Lipinski definition) is 2. The minimum Gasteiger partial charge on any atom is -0.395 e. The first-order chi connectivity index (χ1) is 7.30. The van der Waals surface area contributed by atoms with Gasteiger partial charge in [-0.05, 0) is 17.7 Å². The van der Waals surface area contributed by atoms with E-state index in [1.54, 1.807) is 0 Å². The molecule has 0 heterocycles. The van der Waals surface area contributed by atoms with Crippen LogP contribution in [0.25, 0.3) is 0 Å². The summed E-state index contributed by atoms with van der Waals surface area (Å²) >= 11 is 0. The van der Waals surface area contributed by atoms with E-state index in [9.17, 15) is 0 Å². The number of likely N-dealkylation sites (N-methyl/N-ethyl adjacent to an activating group) is 1. The lowest BCUT2D eigenvalue weighted by Crippen LogP contribution is -2.26. The molecule has 3 nitrogen and oxygen atoms in total. The van der Waals surface area contributed by atoms with E-state index in [4.69, 9.17) is 10.2 Å². The predicted octanol–water partition coefficient (Wildman–Crippen LogP) is 0.993. The first-order valence-electron chi connectivity index (χ1n) is 5.32. The van der Waals surface area contributed by atoms with Gasteiger partial charge in [0.15, 0.2) is 0 Å². The Morgan fingerprint density at radius 2 is 1.67 bits per heavy atom. The molecule has 0 aliphatic heterocycles. The van der Waals surface area contributed by atoms with Gasteiger partial charge in [0.1, 0.15) is 0 Å². The number of aliphatic hydroxyl groups is 2. The molecule has 0 amide bonds. The number of rotatable bonds is 6. The van der Waals surface area contributed by atoms with E-state index in [0.29, 0.717) is 6.54 Å². The highest BCUT2D eigenvalue weighted by atomic mass is 16.3. The molecule has 1 aromatic rings. The highest BCUT2D eigenvalue weighted by Crippen LogP contribution is 2.07. The van der Waals surface area contributed by atoms with Gasteiger partial charge < -0.3 is 10.2 Å². The molecule has 2 N–H and O–H groups in total. The van der Waals surface area contributed by atoms with Crippen molar-refractivity contribution in [2.24, 2.45) is 0 Å². The molecule has 0 saturated carbocycles. The first kappa shape index (κ1) is 12.2. The average Bonchev–Trinajstić information content (AvgIpc) is 2.29. The zero-order valence-corrected chi connectivity index (χ0v) is 9.19. The molecule has 0 unspecified atom stereocenters. The van der Waals surface area contributed by atoms with Crippen LogP contribution >= 0.6 is 0 Å². The smallest absolute Gasteiger partial charge is 0.0681 e. The van der Waals surface area contributed by atoms with Crippen LogP contribution in [-0.2, 0) is 13.2 Å². The van der Waals surface area contributed by atoms with Gasteiger partial charge in [-0.3, -0.25) is 4.90 Å². The number of hydrogen-bond acceptors (Lipinski definition) is 3. The van der Waals surface area contributed by atoms with Crippen molar-refractivity contribution in [3.8, 4) is 0 Å². The third kappa shape index (κ3) is 4.00. The van der Waals surface area contributed by atoms with Crippen molar-refractivity contribution >= 4 is 0 Å². The van der Waals surface area contributed by atoms with Crippen LogP contribution < -0.4 is 0 Å². The van der Waals surface area contributed by atoms with E-state index in [0.717, 1.165) is 18.7 Å². The van der Waals surface area contributed by atoms with Crippen LogP contribution in [0.2, 0.25) is 0 Å². The lowest BCUT2D eigenvalue weighted by Gasteiger charge is -2.19. The maximum absolute atomic E-state index is 8.90. The van der Waals surface area contributed by atoms with Crippen molar-refractivity contribution < 1.29 is 10.2 Å². The number of aliphatic hydroxyl groups excluding tert-OH is 2. The van der Waals surface area contributed by atoms with Crippen LogP contribution in [-0.4, -0.2) is 34.8 Å². The summed E-state index contributed by atoms with van der Waals surface area (Å²) in [7, 11) is 0. The summed E-state index contributed by atoms with van der Waals surface area (Å²) < 4.78 is 0. The monoisotopic (exact) mass is 209 g/mol. The molecule has 0 aliphatic carbocycles. The van der Waals surface area contributed by atoms with Gasteiger partial charge >= 0.3 is 0 Å². The molecule has 0 aliphatic rings. The molecule has 0 bridgehead atoms. The normalized spacial score (nSPS) is 10.9. The Balaban J connectivity index is 2.55. The second-order valence-electron chi connectivity index (χ2n) is 3.57. The summed E-state index contributed by atoms with van der Waals surface area (Å²) in [6.07, 6.45) is 0. The Bertz CT molecular complexity index is 271. The second kappa shape index (κ2) is 6.56. The molecule has 84 valence electrons. The zero-order chi connectivity index (χ0) is 11.1. The molecule has 0 spiro atoms. The standard InChI is InChI=1S/C12H19NO2/c1-2-13(7-8-14)9-11-3-5-12(10-15)6-4-11/h3-6,14-15H,2,7-10H2,1H3. The molecule has 15 heavy (non-hydrogen) atoms. The number of nitrogens with zero attached hydrogens (tertiary/aromatic N) is 1. The van der Waals surface area contributed by atoms with E-state index in [-0.39, 0.29) is 13.2 Å². The summed E-state index contributed by atoms with van der Waals surface area (Å²) in [5.41, 5.74) is 2.14. The Kier molecular flexibility index (Phi) is 5.32. The molecule has 0 saturated heterocycles. The van der Waals surface area contributed by atoms with Crippen LogP contribution in [0.4, 0.5) is 0 Å². The Morgan fingerprint density at radius 1 is 1.07 bits per heavy atom. The fourth-order valence-electron chi connectivity index (χ4n) is 1.50. The van der Waals surface area contributed by atoms with Crippen molar-refractivity contribution in [3.05, 3.63) is 35.4 Å². The van der Waals surface area contributed by atoms with E-state index in [1.165, 1.54) is 5.56 Å². The van der Waals surface area contributed by atoms with Crippen LogP contribution in [0, 0.1) is 0 Å². The lowest BCUT2D eigenvalue weighted by atomic mass is 10.1. The van der Waals surface area contributed by atoms with E-state index in [2.05, 4.69) is 11.8 Å². The largest absolute Gasteiger partial charge is 0.395 e. The van der Waals surface area contributed by atoms with Crippen molar-refractivity contribution in [3.63, 3.8) is 0 Å². The quantitative estimate of drug-likeness (QED) is 0.734. The van der Waals surface area contributed by atoms with Crippen LogP contribution in [0.3, 0.4) is 0 Å². The summed E-state index contributed by atoms with van der Waals surface area (Å²) in [5, 5.41) is 17.8. The van der Waals surface area contributed by atoms with Gasteiger partial charge in [0.05, 0.1) is 13.2 Å². The van der Waals surface area contributed by atoms with Gasteiger partial charge in [-0.1, -0.05) is 31.2 Å². The molecule has 0 atom stereocenters. The molecule has 0 fully saturated rings. The van der Waals surface area contributed by atoms with E-state index < -0.39 is 0 Å². The second-order valence-corrected chi connectivity index (χ2v) is 3.57. The summed E-state index contributed by atoms with van der Waals surface area (Å²) in [4.78, 5) is 2.17. The van der Waals surface area contributed by atoms with Gasteiger partial charge in [-0.25, -0.2) is 0 Å². The highest BCUT2D eigenvalue weighted by Gasteiger charge is 2.02. The van der Waals surface area contributed by atoms with Gasteiger partial charge in [-0.2, -0.15) is 0 Å². The maximum Gasteiger partial charge on any atom is 0.0681 e. The highest BCUT2D eigenvalue weighted by molar-refractivity contribution is 5.21. The molecular formula is C12H19NO2. The zero-order valence-electron chi connectivity index (χ0n) is 9.19. The fourth-order valence-corrected chi connectivity index (χ4v) is 1.50. The molecule has 1 aromatic carbocycles. The maximum atomic E-state index is 8.90. The Morgan fingerprint density at radius 3 is 2.13 bits per heavy atom. The molecule has 1 rings (SSSR count). The molecule has 3 heteroatoms. The van der Waals surface area contributed by atoms with Gasteiger partial charge in [0.25, 0.3) is 0 Å². The summed E-state index contributed by atoms with van der Waals surface area (Å²) in [6, 6.07) is 7.90. The Labute approximate surface area is 91.0 Å². The average molecular weight is 209 g/mol. The van der Waals surface area contributed by atoms with Crippen molar-refractivity contribution in [2.75, 3.05) is 19.7 Å². The van der Waals surface area contributed by atoms with Crippen molar-refractivity contribution in [2.45, 2.75) is 20.1 Å². The fraction of sp³-hybridized carbons (Fsp3) is 0.500. The molecular weight excluding hydrogens is 190 g/mol. The summed E-state index contributed by atoms with van der Waals surface area (Å²) in [5.74, 6) is 0. The lowest BCUT2D eigenvalue weighted by molar-refractivity contribution is 0.197. The van der Waals surface area contributed by atoms with Gasteiger partial charge in [-0.15, -0.1) is 0 Å². The van der Waals surface area contributed by atoms with Crippen molar-refractivity contribution in [1.82, 2.24) is 4.90 Å². The predicted molar refractivity (Wildman–Crippen MR) is 60.4 cm³/mol. The van der Waals surface area contributed by atoms with Crippen LogP contribution in [0.15, 0.2) is 24.3 Å². The van der Waals surface area contributed by atoms with Gasteiger partial charge in [0, 0.05) is 13.1 Å². The molecule has 0 radical (unpaired) electrons. The summed E-state index contributed by atoms with van der Waals surface area (Å²) in [6.45, 7) is 4.86. The minimum absolute atomic E-state index is 0.0917. The van der Waals surface area contributed by atoms with Gasteiger partial charge in [0.2, 0.25) is 0 Å². The third-order valence-electron chi connectivity index (χ3n) is 2.48.